The number of rotatable bonds is 6. The summed E-state index contributed by atoms with van der Waals surface area (Å²) in [5, 5.41) is 11.7. The number of hydrogen-bond donors (Lipinski definition) is 2. The fraction of sp³-hybridized carbons (Fsp3) is 0.364. The highest BCUT2D eigenvalue weighted by atomic mass is 35.5. The van der Waals surface area contributed by atoms with Gasteiger partial charge in [0.2, 0.25) is 0 Å². The molecular weight excluding hydrogens is 281 g/mol. The van der Waals surface area contributed by atoms with Gasteiger partial charge in [0.25, 0.3) is 0 Å². The molecule has 0 aromatic heterocycles. The molecule has 0 aliphatic rings. The summed E-state index contributed by atoms with van der Waals surface area (Å²) in [6, 6.07) is 3.46. The monoisotopic (exact) mass is 295 g/mol. The van der Waals surface area contributed by atoms with Gasteiger partial charge in [0.1, 0.15) is 0 Å². The van der Waals surface area contributed by atoms with E-state index in [1.54, 1.807) is 12.1 Å². The van der Waals surface area contributed by atoms with E-state index in [9.17, 15) is 4.79 Å². The molecule has 0 heterocycles. The van der Waals surface area contributed by atoms with E-state index in [4.69, 9.17) is 26.2 Å². The number of carboxylic acid groups (broad SMARTS) is 1. The highest BCUT2D eigenvalue weighted by molar-refractivity contribution is 6.32. The molecule has 0 radical (unpaired) electrons. The Hall–Kier alpha value is -1.17. The van der Waals surface area contributed by atoms with E-state index in [1.165, 1.54) is 14.2 Å². The number of carboxylic acids is 1. The fourth-order valence-electron chi connectivity index (χ4n) is 1.39. The molecule has 0 unspecified atom stereocenters. The van der Waals surface area contributed by atoms with Crippen LogP contribution in [0.25, 0.3) is 0 Å². The van der Waals surface area contributed by atoms with Crippen LogP contribution < -0.4 is 14.8 Å². The zero-order valence-corrected chi connectivity index (χ0v) is 11.6. The van der Waals surface area contributed by atoms with Crippen LogP contribution in [0.4, 0.5) is 0 Å². The third-order valence-corrected chi connectivity index (χ3v) is 2.38. The summed E-state index contributed by atoms with van der Waals surface area (Å²) in [5.41, 5.74) is 0.828. The Morgan fingerprint density at radius 3 is 2.56 bits per heavy atom. The lowest BCUT2D eigenvalue weighted by Gasteiger charge is -2.11. The van der Waals surface area contributed by atoms with Crippen molar-refractivity contribution < 1.29 is 19.4 Å². The molecule has 7 heteroatoms. The second kappa shape index (κ2) is 8.02. The molecule has 0 aliphatic carbocycles. The molecule has 0 spiro atoms. The number of hydrogen-bond acceptors (Lipinski definition) is 4. The van der Waals surface area contributed by atoms with E-state index >= 15 is 0 Å². The lowest BCUT2D eigenvalue weighted by molar-refractivity contribution is -0.135. The molecule has 1 aromatic carbocycles. The lowest BCUT2D eigenvalue weighted by Crippen LogP contribution is -2.21. The molecule has 0 amide bonds. The van der Waals surface area contributed by atoms with Gasteiger partial charge in [-0.1, -0.05) is 11.6 Å². The first-order valence-electron chi connectivity index (χ1n) is 4.91. The maximum atomic E-state index is 10.3. The standard InChI is InChI=1S/C11H14ClNO4.ClH/c1-16-9-4-7(5-13-6-10(14)15)3-8(12)11(9)17-2;/h3-4,13H,5-6H2,1-2H3,(H,14,15);1H. The van der Waals surface area contributed by atoms with Crippen LogP contribution in [0, 0.1) is 0 Å². The number of aliphatic carboxylic acids is 1. The molecule has 1 aromatic rings. The van der Waals surface area contributed by atoms with Gasteiger partial charge in [-0.25, -0.2) is 0 Å². The quantitative estimate of drug-likeness (QED) is 0.840. The first-order valence-corrected chi connectivity index (χ1v) is 5.29. The van der Waals surface area contributed by atoms with Gasteiger partial charge in [0.15, 0.2) is 11.5 Å². The Bertz CT molecular complexity index is 412. The third-order valence-electron chi connectivity index (χ3n) is 2.10. The number of methoxy groups -OCH3 is 2. The van der Waals surface area contributed by atoms with E-state index in [0.29, 0.717) is 23.1 Å². The number of halogens is 2. The average Bonchev–Trinajstić information content (AvgIpc) is 2.27. The molecule has 1 rings (SSSR count). The molecule has 5 nitrogen and oxygen atoms in total. The maximum absolute atomic E-state index is 10.3. The van der Waals surface area contributed by atoms with Crippen LogP contribution in [-0.4, -0.2) is 31.8 Å². The van der Waals surface area contributed by atoms with Gasteiger partial charge in [-0.3, -0.25) is 4.79 Å². The molecule has 0 saturated carbocycles. The highest BCUT2D eigenvalue weighted by Crippen LogP contribution is 2.35. The van der Waals surface area contributed by atoms with Gasteiger partial charge in [0, 0.05) is 6.54 Å². The van der Waals surface area contributed by atoms with Crippen molar-refractivity contribution in [2.45, 2.75) is 6.54 Å². The Kier molecular flexibility index (Phi) is 7.50. The minimum absolute atomic E-state index is 0. The first kappa shape index (κ1) is 16.8. The van der Waals surface area contributed by atoms with Crippen molar-refractivity contribution in [3.05, 3.63) is 22.7 Å². The van der Waals surface area contributed by atoms with Gasteiger partial charge < -0.3 is 19.9 Å². The van der Waals surface area contributed by atoms with E-state index in [0.717, 1.165) is 5.56 Å². The summed E-state index contributed by atoms with van der Waals surface area (Å²) < 4.78 is 10.2. The Labute approximate surface area is 116 Å². The second-order valence-corrected chi connectivity index (χ2v) is 3.72. The van der Waals surface area contributed by atoms with Crippen LogP contribution in [0.2, 0.25) is 5.02 Å². The summed E-state index contributed by atoms with van der Waals surface area (Å²) in [6.45, 7) is 0.290. The fourth-order valence-corrected chi connectivity index (χ4v) is 1.70. The van der Waals surface area contributed by atoms with Gasteiger partial charge >= 0.3 is 5.97 Å². The summed E-state index contributed by atoms with van der Waals surface area (Å²) in [4.78, 5) is 10.3. The molecule has 0 bridgehead atoms. The van der Waals surface area contributed by atoms with Gasteiger partial charge in [-0.2, -0.15) is 0 Å². The number of carbonyl (C=O) groups is 1. The third kappa shape index (κ3) is 4.60. The molecule has 0 fully saturated rings. The molecule has 18 heavy (non-hydrogen) atoms. The number of ether oxygens (including phenoxy) is 2. The van der Waals surface area contributed by atoms with Crippen molar-refractivity contribution in [1.82, 2.24) is 5.32 Å². The Balaban J connectivity index is 0.00000289. The molecular formula is C11H15Cl2NO4. The minimum Gasteiger partial charge on any atom is -0.493 e. The topological polar surface area (TPSA) is 67.8 Å². The van der Waals surface area contributed by atoms with Crippen LogP contribution in [-0.2, 0) is 11.3 Å². The van der Waals surface area contributed by atoms with E-state index in [1.807, 2.05) is 0 Å². The van der Waals surface area contributed by atoms with Crippen molar-refractivity contribution in [1.29, 1.82) is 0 Å². The molecule has 0 aliphatic heterocycles. The largest absolute Gasteiger partial charge is 0.493 e. The lowest BCUT2D eigenvalue weighted by atomic mass is 10.2. The zero-order chi connectivity index (χ0) is 12.8. The number of benzene rings is 1. The minimum atomic E-state index is -0.906. The molecule has 0 atom stereocenters. The summed E-state index contributed by atoms with van der Waals surface area (Å²) >= 11 is 6.01. The molecule has 0 saturated heterocycles. The van der Waals surface area contributed by atoms with E-state index < -0.39 is 5.97 Å². The zero-order valence-electron chi connectivity index (χ0n) is 10.0. The Morgan fingerprint density at radius 2 is 2.06 bits per heavy atom. The SMILES string of the molecule is COc1cc(CNCC(=O)O)cc(Cl)c1OC.Cl. The molecule has 2 N–H and O–H groups in total. The van der Waals surface area contributed by atoms with Crippen molar-refractivity contribution in [3.63, 3.8) is 0 Å². The van der Waals surface area contributed by atoms with Crippen LogP contribution in [0.1, 0.15) is 5.56 Å². The normalized spacial score (nSPS) is 9.50. The van der Waals surface area contributed by atoms with Crippen molar-refractivity contribution in [2.75, 3.05) is 20.8 Å². The maximum Gasteiger partial charge on any atom is 0.317 e. The predicted molar refractivity (Wildman–Crippen MR) is 71.1 cm³/mol. The van der Waals surface area contributed by atoms with Crippen molar-refractivity contribution in [3.8, 4) is 11.5 Å². The second-order valence-electron chi connectivity index (χ2n) is 3.31. The smallest absolute Gasteiger partial charge is 0.317 e. The van der Waals surface area contributed by atoms with E-state index in [-0.39, 0.29) is 19.0 Å². The van der Waals surface area contributed by atoms with Crippen LogP contribution in [0.3, 0.4) is 0 Å². The average molecular weight is 296 g/mol. The van der Waals surface area contributed by atoms with Crippen molar-refractivity contribution >= 4 is 30.0 Å². The Morgan fingerprint density at radius 1 is 1.39 bits per heavy atom. The van der Waals surface area contributed by atoms with Crippen LogP contribution in [0.5, 0.6) is 11.5 Å². The first-order chi connectivity index (χ1) is 8.08. The van der Waals surface area contributed by atoms with Gasteiger partial charge in [-0.15, -0.1) is 12.4 Å². The summed E-state index contributed by atoms with van der Waals surface area (Å²) in [7, 11) is 3.02. The van der Waals surface area contributed by atoms with Crippen LogP contribution >= 0.6 is 24.0 Å². The summed E-state index contributed by atoms with van der Waals surface area (Å²) in [6.07, 6.45) is 0. The highest BCUT2D eigenvalue weighted by Gasteiger charge is 2.10. The van der Waals surface area contributed by atoms with Gasteiger partial charge in [0.05, 0.1) is 25.8 Å². The van der Waals surface area contributed by atoms with Crippen molar-refractivity contribution in [2.24, 2.45) is 0 Å². The summed E-state index contributed by atoms with van der Waals surface area (Å²) in [5.74, 6) is 0.0832. The van der Waals surface area contributed by atoms with Crippen LogP contribution in [0.15, 0.2) is 12.1 Å². The van der Waals surface area contributed by atoms with E-state index in [2.05, 4.69) is 5.32 Å². The predicted octanol–water partition coefficient (Wildman–Crippen LogP) is 1.95. The molecule has 102 valence electrons. The van der Waals surface area contributed by atoms with Gasteiger partial charge in [-0.05, 0) is 17.7 Å². The number of nitrogens with one attached hydrogen (secondary N) is 1.